The Morgan fingerprint density at radius 3 is 2.57 bits per heavy atom. The zero-order valence-electron chi connectivity index (χ0n) is 14.9. The Hall–Kier alpha value is -2.47. The van der Waals surface area contributed by atoms with E-state index in [1.165, 1.54) is 11.3 Å². The van der Waals surface area contributed by atoms with Gasteiger partial charge in [-0.05, 0) is 48.4 Å². The van der Waals surface area contributed by atoms with Gasteiger partial charge in [-0.1, -0.05) is 52.7 Å². The molecular formula is C21H15Cl2N3OS. The first-order valence-electron chi connectivity index (χ1n) is 8.54. The van der Waals surface area contributed by atoms with E-state index in [0.717, 1.165) is 21.3 Å². The van der Waals surface area contributed by atoms with Gasteiger partial charge in [0.25, 0.3) is 5.91 Å². The Kier molecular flexibility index (Phi) is 5.31. The fourth-order valence-electron chi connectivity index (χ4n) is 2.92. The quantitative estimate of drug-likeness (QED) is 0.392. The number of anilines is 1. The molecule has 2 aromatic carbocycles. The van der Waals surface area contributed by atoms with Crippen LogP contribution in [0.25, 0.3) is 10.2 Å². The summed E-state index contributed by atoms with van der Waals surface area (Å²) in [5.41, 5.74) is 3.28. The number of aromatic nitrogens is 2. The molecule has 1 amide bonds. The van der Waals surface area contributed by atoms with Crippen molar-refractivity contribution in [2.75, 3.05) is 4.90 Å². The summed E-state index contributed by atoms with van der Waals surface area (Å²) < 4.78 is 1.03. The number of carbonyl (C=O) groups excluding carboxylic acids is 1. The van der Waals surface area contributed by atoms with Crippen LogP contribution in [0.5, 0.6) is 0 Å². The van der Waals surface area contributed by atoms with Crippen molar-refractivity contribution in [2.24, 2.45) is 0 Å². The first kappa shape index (κ1) is 18.9. The summed E-state index contributed by atoms with van der Waals surface area (Å²) in [6.45, 7) is 2.35. The van der Waals surface area contributed by atoms with Gasteiger partial charge < -0.3 is 0 Å². The lowest BCUT2D eigenvalue weighted by atomic mass is 10.2. The lowest BCUT2D eigenvalue weighted by Gasteiger charge is -2.20. The smallest absolute Gasteiger partial charge is 0.260 e. The maximum Gasteiger partial charge on any atom is 0.260 e. The molecule has 0 bridgehead atoms. The molecule has 0 radical (unpaired) electrons. The predicted octanol–water partition coefficient (Wildman–Crippen LogP) is 6.15. The van der Waals surface area contributed by atoms with Crippen LogP contribution in [-0.4, -0.2) is 15.9 Å². The molecule has 0 aliphatic carbocycles. The molecule has 0 saturated heterocycles. The number of aryl methyl sites for hydroxylation is 1. The predicted molar refractivity (Wildman–Crippen MR) is 116 cm³/mol. The minimum absolute atomic E-state index is 0.218. The normalized spacial score (nSPS) is 11.0. The molecule has 140 valence electrons. The number of benzene rings is 2. The molecule has 0 atom stereocenters. The van der Waals surface area contributed by atoms with Gasteiger partial charge in [-0.3, -0.25) is 14.7 Å². The van der Waals surface area contributed by atoms with Crippen LogP contribution in [0.2, 0.25) is 10.0 Å². The molecule has 4 aromatic rings. The number of amides is 1. The lowest BCUT2D eigenvalue weighted by Crippen LogP contribution is -2.30. The van der Waals surface area contributed by atoms with Crippen molar-refractivity contribution in [3.8, 4) is 0 Å². The highest BCUT2D eigenvalue weighted by Gasteiger charge is 2.23. The van der Waals surface area contributed by atoms with Gasteiger partial charge in [-0.15, -0.1) is 0 Å². The molecule has 28 heavy (non-hydrogen) atoms. The van der Waals surface area contributed by atoms with Gasteiger partial charge in [-0.25, -0.2) is 4.98 Å². The Morgan fingerprint density at radius 2 is 1.89 bits per heavy atom. The molecule has 0 aliphatic rings. The van der Waals surface area contributed by atoms with Gasteiger partial charge in [-0.2, -0.15) is 0 Å². The second-order valence-electron chi connectivity index (χ2n) is 6.33. The molecule has 4 nitrogen and oxygen atoms in total. The zero-order valence-corrected chi connectivity index (χ0v) is 17.2. The molecule has 7 heteroatoms. The molecule has 2 heterocycles. The number of thiazole rings is 1. The van der Waals surface area contributed by atoms with Crippen LogP contribution >= 0.6 is 34.5 Å². The van der Waals surface area contributed by atoms with E-state index in [0.29, 0.717) is 27.3 Å². The summed E-state index contributed by atoms with van der Waals surface area (Å²) in [6.07, 6.45) is 3.44. The highest BCUT2D eigenvalue weighted by Crippen LogP contribution is 2.33. The third-order valence-electron chi connectivity index (χ3n) is 4.26. The SMILES string of the molecule is Cc1cccc2sc(N(Cc3cccnc3)C(=O)c3cc(Cl)cc(Cl)c3)nc12. The molecule has 0 unspecified atom stereocenters. The summed E-state index contributed by atoms with van der Waals surface area (Å²) in [5.74, 6) is -0.218. The molecule has 0 fully saturated rings. The minimum Gasteiger partial charge on any atom is -0.279 e. The van der Waals surface area contributed by atoms with E-state index in [4.69, 9.17) is 28.2 Å². The zero-order chi connectivity index (χ0) is 19.7. The standard InChI is InChI=1S/C21H15Cl2N3OS/c1-13-4-2-6-18-19(13)25-21(28-18)26(12-14-5-3-7-24-11-14)20(27)15-8-16(22)10-17(23)9-15/h2-11H,12H2,1H3. The van der Waals surface area contributed by atoms with E-state index in [2.05, 4.69) is 4.98 Å². The van der Waals surface area contributed by atoms with Gasteiger partial charge in [0.2, 0.25) is 0 Å². The molecule has 0 spiro atoms. The Morgan fingerprint density at radius 1 is 1.11 bits per heavy atom. The van der Waals surface area contributed by atoms with E-state index >= 15 is 0 Å². The van der Waals surface area contributed by atoms with Gasteiger partial charge in [0.1, 0.15) is 0 Å². The first-order chi connectivity index (χ1) is 13.5. The van der Waals surface area contributed by atoms with Crippen LogP contribution < -0.4 is 4.90 Å². The highest BCUT2D eigenvalue weighted by atomic mass is 35.5. The summed E-state index contributed by atoms with van der Waals surface area (Å²) in [4.78, 5) is 23.9. The number of hydrogen-bond acceptors (Lipinski definition) is 4. The van der Waals surface area contributed by atoms with Gasteiger partial charge in [0.15, 0.2) is 5.13 Å². The number of pyridine rings is 1. The molecular weight excluding hydrogens is 413 g/mol. The Bertz CT molecular complexity index is 1140. The van der Waals surface area contributed by atoms with Crippen molar-refractivity contribution in [1.29, 1.82) is 0 Å². The van der Waals surface area contributed by atoms with Crippen LogP contribution in [0.4, 0.5) is 5.13 Å². The number of carbonyl (C=O) groups is 1. The molecule has 0 saturated carbocycles. The van der Waals surface area contributed by atoms with Gasteiger partial charge in [0, 0.05) is 28.0 Å². The summed E-state index contributed by atoms with van der Waals surface area (Å²) in [7, 11) is 0. The molecule has 0 aliphatic heterocycles. The topological polar surface area (TPSA) is 46.1 Å². The largest absolute Gasteiger partial charge is 0.279 e. The van der Waals surface area contributed by atoms with Crippen LogP contribution in [-0.2, 0) is 6.54 Å². The van der Waals surface area contributed by atoms with Gasteiger partial charge in [0.05, 0.1) is 16.8 Å². The second kappa shape index (κ2) is 7.87. The molecule has 0 N–H and O–H groups in total. The van der Waals surface area contributed by atoms with E-state index < -0.39 is 0 Å². The van der Waals surface area contributed by atoms with E-state index in [1.807, 2.05) is 37.3 Å². The van der Waals surface area contributed by atoms with Crippen molar-refractivity contribution in [1.82, 2.24) is 9.97 Å². The Balaban J connectivity index is 1.80. The Labute approximate surface area is 176 Å². The minimum atomic E-state index is -0.218. The third-order valence-corrected chi connectivity index (χ3v) is 5.74. The number of halogens is 2. The maximum atomic E-state index is 13.4. The fourth-order valence-corrected chi connectivity index (χ4v) is 4.49. The van der Waals surface area contributed by atoms with Crippen LogP contribution in [0.15, 0.2) is 60.9 Å². The summed E-state index contributed by atoms with van der Waals surface area (Å²) >= 11 is 13.7. The van der Waals surface area contributed by atoms with Crippen molar-refractivity contribution in [3.63, 3.8) is 0 Å². The average molecular weight is 428 g/mol. The van der Waals surface area contributed by atoms with Crippen LogP contribution in [0.3, 0.4) is 0 Å². The highest BCUT2D eigenvalue weighted by molar-refractivity contribution is 7.22. The van der Waals surface area contributed by atoms with Crippen molar-refractivity contribution < 1.29 is 4.79 Å². The number of nitrogens with zero attached hydrogens (tertiary/aromatic N) is 3. The van der Waals surface area contributed by atoms with Crippen LogP contribution in [0, 0.1) is 6.92 Å². The molecule has 4 rings (SSSR count). The summed E-state index contributed by atoms with van der Waals surface area (Å²) in [6, 6.07) is 14.6. The van der Waals surface area contributed by atoms with E-state index in [-0.39, 0.29) is 5.91 Å². The van der Waals surface area contributed by atoms with Crippen LogP contribution in [0.1, 0.15) is 21.5 Å². The number of para-hydroxylation sites is 1. The second-order valence-corrected chi connectivity index (χ2v) is 8.21. The fraction of sp³-hybridized carbons (Fsp3) is 0.0952. The van der Waals surface area contributed by atoms with E-state index in [9.17, 15) is 4.79 Å². The first-order valence-corrected chi connectivity index (χ1v) is 10.1. The van der Waals surface area contributed by atoms with Crippen molar-refractivity contribution in [2.45, 2.75) is 13.5 Å². The monoisotopic (exact) mass is 427 g/mol. The number of rotatable bonds is 4. The van der Waals surface area contributed by atoms with E-state index in [1.54, 1.807) is 35.5 Å². The summed E-state index contributed by atoms with van der Waals surface area (Å²) in [5, 5.41) is 1.45. The lowest BCUT2D eigenvalue weighted by molar-refractivity contribution is 0.0985. The third kappa shape index (κ3) is 3.87. The van der Waals surface area contributed by atoms with Gasteiger partial charge >= 0.3 is 0 Å². The van der Waals surface area contributed by atoms with Crippen molar-refractivity contribution in [3.05, 3.63) is 87.7 Å². The number of hydrogen-bond donors (Lipinski definition) is 0. The number of fused-ring (bicyclic) bond motifs is 1. The van der Waals surface area contributed by atoms with Crippen molar-refractivity contribution >= 4 is 55.8 Å². The average Bonchev–Trinajstić information content (AvgIpc) is 3.11. The molecule has 2 aromatic heterocycles. The maximum absolute atomic E-state index is 13.4.